The van der Waals surface area contributed by atoms with Gasteiger partial charge in [0.2, 0.25) is 18.4 Å². The molecule has 3 heterocycles. The molecule has 1 aromatic rings. The average Bonchev–Trinajstić information content (AvgIpc) is 3.65. The van der Waals surface area contributed by atoms with Gasteiger partial charge >= 0.3 is 0 Å². The molecule has 8 nitrogen and oxygen atoms in total. The molecule has 0 aromatic heterocycles. The van der Waals surface area contributed by atoms with Crippen LogP contribution in [-0.4, -0.2) is 92.2 Å². The number of nitrogens with zero attached hydrogens (tertiary/aromatic N) is 4. The number of aliphatic imine (C=N–C) groups is 1. The van der Waals surface area contributed by atoms with Gasteiger partial charge in [0, 0.05) is 50.1 Å². The number of unbranched alkanes of at least 4 members (excludes halogenated alkanes) is 2. The summed E-state index contributed by atoms with van der Waals surface area (Å²) >= 11 is 0. The number of fused-ring (bicyclic) bond motifs is 1. The zero-order valence-electron chi connectivity index (χ0n) is 23.7. The third-order valence-electron chi connectivity index (χ3n) is 8.29. The molecule has 8 heteroatoms. The van der Waals surface area contributed by atoms with Gasteiger partial charge in [0.25, 0.3) is 0 Å². The molecule has 0 N–H and O–H groups in total. The summed E-state index contributed by atoms with van der Waals surface area (Å²) in [5.74, 6) is 2.69. The summed E-state index contributed by atoms with van der Waals surface area (Å²) in [4.78, 5) is 24.9. The molecule has 1 fully saturated rings. The minimum absolute atomic E-state index is 0.179. The van der Waals surface area contributed by atoms with Gasteiger partial charge in [0.15, 0.2) is 11.5 Å². The molecule has 0 radical (unpaired) electrons. The molecular formula is C30H46N4O4. The molecule has 0 saturated carbocycles. The van der Waals surface area contributed by atoms with Crippen molar-refractivity contribution in [3.05, 3.63) is 30.4 Å². The topological polar surface area (TPSA) is 66.8 Å². The summed E-state index contributed by atoms with van der Waals surface area (Å²) in [6.45, 7) is 15.7. The molecule has 0 bridgehead atoms. The number of carbonyl (C=O) groups is 1. The van der Waals surface area contributed by atoms with E-state index >= 15 is 0 Å². The van der Waals surface area contributed by atoms with Crippen LogP contribution in [0.25, 0.3) is 0 Å². The van der Waals surface area contributed by atoms with Gasteiger partial charge in [-0.1, -0.05) is 32.8 Å². The first-order valence-corrected chi connectivity index (χ1v) is 14.4. The van der Waals surface area contributed by atoms with Gasteiger partial charge in [-0.2, -0.15) is 0 Å². The Morgan fingerprint density at radius 2 is 2.00 bits per heavy atom. The molecule has 38 heavy (non-hydrogen) atoms. The van der Waals surface area contributed by atoms with Crippen molar-refractivity contribution in [3.63, 3.8) is 0 Å². The van der Waals surface area contributed by atoms with Crippen LogP contribution in [-0.2, 0) is 4.79 Å². The highest BCUT2D eigenvalue weighted by atomic mass is 16.7. The third kappa shape index (κ3) is 6.28. The third-order valence-corrected chi connectivity index (χ3v) is 8.29. The van der Waals surface area contributed by atoms with Gasteiger partial charge in [0.05, 0.1) is 26.5 Å². The number of hydrogen-bond acceptors (Lipinski definition) is 7. The van der Waals surface area contributed by atoms with Gasteiger partial charge in [-0.25, -0.2) is 0 Å². The lowest BCUT2D eigenvalue weighted by molar-refractivity contribution is -0.133. The Hall–Kier alpha value is -2.74. The summed E-state index contributed by atoms with van der Waals surface area (Å²) in [5.41, 5.74) is 1.14. The molecule has 1 amide bonds. The predicted octanol–water partition coefficient (Wildman–Crippen LogP) is 4.55. The van der Waals surface area contributed by atoms with Crippen molar-refractivity contribution in [1.29, 1.82) is 0 Å². The van der Waals surface area contributed by atoms with E-state index in [9.17, 15) is 4.79 Å². The molecule has 4 rings (SSSR count). The Bertz CT molecular complexity index is 975. The maximum absolute atomic E-state index is 13.6. The largest absolute Gasteiger partial charge is 0.493 e. The van der Waals surface area contributed by atoms with Gasteiger partial charge in [-0.15, -0.1) is 6.58 Å². The van der Waals surface area contributed by atoms with Crippen LogP contribution in [0.4, 0.5) is 0 Å². The molecule has 0 spiro atoms. The lowest BCUT2D eigenvalue weighted by atomic mass is 9.84. The Morgan fingerprint density at radius 3 is 2.63 bits per heavy atom. The van der Waals surface area contributed by atoms with E-state index in [0.29, 0.717) is 24.1 Å². The predicted molar refractivity (Wildman–Crippen MR) is 151 cm³/mol. The monoisotopic (exact) mass is 526 g/mol. The van der Waals surface area contributed by atoms with E-state index in [1.54, 1.807) is 7.11 Å². The zero-order valence-corrected chi connectivity index (χ0v) is 23.7. The van der Waals surface area contributed by atoms with E-state index in [1.807, 2.05) is 6.34 Å². The summed E-state index contributed by atoms with van der Waals surface area (Å²) in [5, 5.41) is 0. The fraction of sp³-hybridized carbons (Fsp3) is 0.667. The summed E-state index contributed by atoms with van der Waals surface area (Å²) in [6, 6.07) is 4.78. The lowest BCUT2D eigenvalue weighted by Crippen LogP contribution is -2.45. The first-order valence-electron chi connectivity index (χ1n) is 14.4. The number of methoxy groups -OCH3 is 1. The second kappa shape index (κ2) is 13.4. The van der Waals surface area contributed by atoms with E-state index in [4.69, 9.17) is 14.2 Å². The van der Waals surface area contributed by atoms with Crippen molar-refractivity contribution in [3.8, 4) is 17.2 Å². The maximum atomic E-state index is 13.6. The van der Waals surface area contributed by atoms with E-state index in [0.717, 1.165) is 76.1 Å². The minimum atomic E-state index is 0.179. The standard InChI is InChI=1S/C30H46N4O4/c1-6-9-12-32(13-10-7-2)29(35)19-34-18-25(23-15-27(36-5)30-28(16-23)37-21-38-30)24(8-3)26(34)11-14-33-20-31-17-22(33)4/h8,15-16,20,22,24-26H,3,6-7,9-14,17-19,21H2,1-2,4-5H3/t22-,24+,25+,26-/m0/s1. The number of amides is 1. The van der Waals surface area contributed by atoms with Gasteiger partial charge < -0.3 is 24.0 Å². The van der Waals surface area contributed by atoms with E-state index < -0.39 is 0 Å². The molecule has 3 aliphatic rings. The molecule has 1 saturated heterocycles. The SMILES string of the molecule is C=C[C@@H]1[C@@H](c2cc(OC)c3c(c2)OCO3)CN(CC(=O)N(CCCC)CCCC)[C@H]1CCN1C=NC[C@@H]1C. The van der Waals surface area contributed by atoms with Crippen LogP contribution >= 0.6 is 0 Å². The van der Waals surface area contributed by atoms with Crippen LogP contribution in [0.2, 0.25) is 0 Å². The van der Waals surface area contributed by atoms with Crippen molar-refractivity contribution in [2.75, 3.05) is 53.2 Å². The normalized spacial score (nSPS) is 24.3. The summed E-state index contributed by atoms with van der Waals surface area (Å²) in [6.07, 6.45) is 9.27. The molecule has 1 aromatic carbocycles. The molecule has 0 unspecified atom stereocenters. The number of hydrogen-bond donors (Lipinski definition) is 0. The Morgan fingerprint density at radius 1 is 1.24 bits per heavy atom. The van der Waals surface area contributed by atoms with Crippen LogP contribution in [0, 0.1) is 5.92 Å². The highest BCUT2D eigenvalue weighted by Crippen LogP contribution is 2.47. The van der Waals surface area contributed by atoms with Crippen molar-refractivity contribution < 1.29 is 19.0 Å². The van der Waals surface area contributed by atoms with Crippen molar-refractivity contribution >= 4 is 12.2 Å². The van der Waals surface area contributed by atoms with Gasteiger partial charge in [-0.3, -0.25) is 14.7 Å². The second-order valence-corrected chi connectivity index (χ2v) is 10.8. The number of rotatable bonds is 14. The molecular weight excluding hydrogens is 480 g/mol. The van der Waals surface area contributed by atoms with Crippen LogP contribution < -0.4 is 14.2 Å². The Labute approximate surface area is 228 Å². The van der Waals surface area contributed by atoms with E-state index in [1.165, 1.54) is 0 Å². The first kappa shape index (κ1) is 28.3. The number of carbonyl (C=O) groups excluding carboxylic acids is 1. The summed E-state index contributed by atoms with van der Waals surface area (Å²) < 4.78 is 17.0. The highest BCUT2D eigenvalue weighted by molar-refractivity contribution is 5.78. The quantitative estimate of drug-likeness (QED) is 0.332. The fourth-order valence-corrected chi connectivity index (χ4v) is 6.01. The maximum Gasteiger partial charge on any atom is 0.236 e. The molecule has 0 aliphatic carbocycles. The van der Waals surface area contributed by atoms with Gasteiger partial charge in [0.1, 0.15) is 0 Å². The van der Waals surface area contributed by atoms with Crippen LogP contribution in [0.1, 0.15) is 64.4 Å². The number of benzene rings is 1. The van der Waals surface area contributed by atoms with E-state index in [-0.39, 0.29) is 30.6 Å². The summed E-state index contributed by atoms with van der Waals surface area (Å²) in [7, 11) is 1.66. The fourth-order valence-electron chi connectivity index (χ4n) is 6.01. The Balaban J connectivity index is 1.58. The van der Waals surface area contributed by atoms with E-state index in [2.05, 4.69) is 65.3 Å². The van der Waals surface area contributed by atoms with Crippen molar-refractivity contribution in [2.24, 2.45) is 10.9 Å². The number of likely N-dealkylation sites (tertiary alicyclic amines) is 1. The van der Waals surface area contributed by atoms with Gasteiger partial charge in [-0.05, 0) is 43.9 Å². The molecule has 4 atom stereocenters. The Kier molecular flexibility index (Phi) is 9.94. The smallest absolute Gasteiger partial charge is 0.236 e. The van der Waals surface area contributed by atoms with Crippen molar-refractivity contribution in [1.82, 2.24) is 14.7 Å². The number of ether oxygens (including phenoxy) is 3. The van der Waals surface area contributed by atoms with Crippen LogP contribution in [0.5, 0.6) is 17.2 Å². The van der Waals surface area contributed by atoms with Crippen LogP contribution in [0.3, 0.4) is 0 Å². The first-order chi connectivity index (χ1) is 18.5. The molecule has 3 aliphatic heterocycles. The molecule has 210 valence electrons. The average molecular weight is 527 g/mol. The lowest BCUT2D eigenvalue weighted by Gasteiger charge is -2.31. The van der Waals surface area contributed by atoms with Crippen LogP contribution in [0.15, 0.2) is 29.8 Å². The second-order valence-electron chi connectivity index (χ2n) is 10.8. The van der Waals surface area contributed by atoms with Crippen molar-refractivity contribution in [2.45, 2.75) is 70.9 Å². The zero-order chi connectivity index (χ0) is 27.1. The minimum Gasteiger partial charge on any atom is -0.493 e. The highest BCUT2D eigenvalue weighted by Gasteiger charge is 2.42.